The first-order valence-corrected chi connectivity index (χ1v) is 6.97. The van der Waals surface area contributed by atoms with E-state index >= 15 is 0 Å². The van der Waals surface area contributed by atoms with E-state index in [1.165, 1.54) is 11.5 Å². The van der Waals surface area contributed by atoms with E-state index in [0.29, 0.717) is 5.00 Å². The molecule has 1 amide bonds. The van der Waals surface area contributed by atoms with Gasteiger partial charge in [0.1, 0.15) is 10.6 Å². The zero-order chi connectivity index (χ0) is 13.3. The van der Waals surface area contributed by atoms with Gasteiger partial charge in [-0.15, -0.1) is 0 Å². The largest absolute Gasteiger partial charge is 0.444 e. The third-order valence-corrected chi connectivity index (χ3v) is 3.34. The Morgan fingerprint density at radius 2 is 2.17 bits per heavy atom. The number of amides is 1. The van der Waals surface area contributed by atoms with E-state index in [-0.39, 0.29) is 0 Å². The highest BCUT2D eigenvalue weighted by Crippen LogP contribution is 2.30. The maximum Gasteiger partial charge on any atom is 0.412 e. The van der Waals surface area contributed by atoms with Crippen LogP contribution in [0.15, 0.2) is 22.7 Å². The van der Waals surface area contributed by atoms with Crippen molar-refractivity contribution in [3.63, 3.8) is 0 Å². The van der Waals surface area contributed by atoms with Gasteiger partial charge in [-0.2, -0.15) is 4.37 Å². The Morgan fingerprint density at radius 3 is 2.83 bits per heavy atom. The molecule has 1 aromatic heterocycles. The summed E-state index contributed by atoms with van der Waals surface area (Å²) in [7, 11) is 0. The molecule has 2 rings (SSSR count). The molecule has 0 saturated heterocycles. The summed E-state index contributed by atoms with van der Waals surface area (Å²) in [6.45, 7) is 5.48. The number of anilines is 1. The molecule has 1 N–H and O–H groups in total. The second-order valence-corrected chi connectivity index (χ2v) is 6.49. The number of benzene rings is 1. The smallest absolute Gasteiger partial charge is 0.412 e. The first kappa shape index (κ1) is 13.3. The van der Waals surface area contributed by atoms with Gasteiger partial charge < -0.3 is 4.74 Å². The van der Waals surface area contributed by atoms with Crippen LogP contribution in [-0.4, -0.2) is 16.1 Å². The Morgan fingerprint density at radius 1 is 1.44 bits per heavy atom. The van der Waals surface area contributed by atoms with Gasteiger partial charge in [0.15, 0.2) is 0 Å². The van der Waals surface area contributed by atoms with Crippen LogP contribution in [0.25, 0.3) is 10.9 Å². The fraction of sp³-hybridized carbons (Fsp3) is 0.333. The number of halogens is 1. The van der Waals surface area contributed by atoms with E-state index in [1.807, 2.05) is 39.0 Å². The summed E-state index contributed by atoms with van der Waals surface area (Å²) < 4.78 is 10.4. The molecule has 2 aromatic rings. The fourth-order valence-electron chi connectivity index (χ4n) is 1.40. The van der Waals surface area contributed by atoms with E-state index in [9.17, 15) is 4.79 Å². The first-order chi connectivity index (χ1) is 8.35. The maximum absolute atomic E-state index is 11.7. The number of nitrogens with one attached hydrogen (secondary N) is 1. The van der Waals surface area contributed by atoms with Gasteiger partial charge in [-0.3, -0.25) is 5.32 Å². The highest BCUT2D eigenvalue weighted by atomic mass is 79.9. The Hall–Kier alpha value is -1.14. The summed E-state index contributed by atoms with van der Waals surface area (Å²) in [6, 6.07) is 5.74. The lowest BCUT2D eigenvalue weighted by atomic mass is 10.2. The van der Waals surface area contributed by atoms with Crippen molar-refractivity contribution in [1.29, 1.82) is 0 Å². The SMILES string of the molecule is CC(C)(C)OC(=O)Nc1snc2ccc(Br)cc12. The molecule has 18 heavy (non-hydrogen) atoms. The molecule has 0 aliphatic rings. The summed E-state index contributed by atoms with van der Waals surface area (Å²) in [6.07, 6.45) is -0.465. The maximum atomic E-state index is 11.7. The number of ether oxygens (including phenoxy) is 1. The van der Waals surface area contributed by atoms with Crippen LogP contribution in [-0.2, 0) is 4.74 Å². The lowest BCUT2D eigenvalue weighted by Gasteiger charge is -2.19. The van der Waals surface area contributed by atoms with Gasteiger partial charge in [0.25, 0.3) is 0 Å². The zero-order valence-corrected chi connectivity index (χ0v) is 12.7. The normalized spacial score (nSPS) is 11.6. The van der Waals surface area contributed by atoms with E-state index in [2.05, 4.69) is 25.6 Å². The van der Waals surface area contributed by atoms with Crippen LogP contribution in [0.3, 0.4) is 0 Å². The van der Waals surface area contributed by atoms with Crippen molar-refractivity contribution in [1.82, 2.24) is 4.37 Å². The molecule has 0 spiro atoms. The van der Waals surface area contributed by atoms with Crippen molar-refractivity contribution in [2.45, 2.75) is 26.4 Å². The first-order valence-electron chi connectivity index (χ1n) is 5.40. The van der Waals surface area contributed by atoms with Gasteiger partial charge in [0.05, 0.1) is 5.52 Å². The number of carbonyl (C=O) groups is 1. The molecule has 1 aromatic carbocycles. The van der Waals surface area contributed by atoms with Crippen molar-refractivity contribution in [2.75, 3.05) is 5.32 Å². The van der Waals surface area contributed by atoms with Gasteiger partial charge in [-0.1, -0.05) is 15.9 Å². The van der Waals surface area contributed by atoms with Crippen molar-refractivity contribution >= 4 is 49.5 Å². The Bertz CT molecular complexity index is 589. The fourth-order valence-corrected chi connectivity index (χ4v) is 2.50. The summed E-state index contributed by atoms with van der Waals surface area (Å²) in [4.78, 5) is 11.7. The number of carbonyl (C=O) groups excluding carboxylic acids is 1. The van der Waals surface area contributed by atoms with Gasteiger partial charge >= 0.3 is 6.09 Å². The van der Waals surface area contributed by atoms with E-state index in [0.717, 1.165) is 15.4 Å². The van der Waals surface area contributed by atoms with Gasteiger partial charge in [0.2, 0.25) is 0 Å². The summed E-state index contributed by atoms with van der Waals surface area (Å²) >= 11 is 4.64. The Kier molecular flexibility index (Phi) is 3.59. The highest BCUT2D eigenvalue weighted by Gasteiger charge is 2.18. The van der Waals surface area contributed by atoms with Crippen molar-refractivity contribution in [2.24, 2.45) is 0 Å². The molecule has 6 heteroatoms. The average Bonchev–Trinajstić information content (AvgIpc) is 2.58. The molecule has 0 saturated carbocycles. The van der Waals surface area contributed by atoms with Crippen LogP contribution in [0, 0.1) is 0 Å². The van der Waals surface area contributed by atoms with Crippen LogP contribution in [0.2, 0.25) is 0 Å². The third-order valence-electron chi connectivity index (χ3n) is 2.05. The molecule has 4 nitrogen and oxygen atoms in total. The van der Waals surface area contributed by atoms with Gasteiger partial charge in [0, 0.05) is 9.86 Å². The van der Waals surface area contributed by atoms with Crippen molar-refractivity contribution in [3.05, 3.63) is 22.7 Å². The molecule has 1 heterocycles. The number of hydrogen-bond donors (Lipinski definition) is 1. The molecule has 0 radical (unpaired) electrons. The van der Waals surface area contributed by atoms with Crippen LogP contribution in [0.4, 0.5) is 9.80 Å². The second kappa shape index (κ2) is 4.85. The quantitative estimate of drug-likeness (QED) is 0.843. The monoisotopic (exact) mass is 328 g/mol. The zero-order valence-electron chi connectivity index (χ0n) is 10.3. The van der Waals surface area contributed by atoms with E-state index in [4.69, 9.17) is 4.74 Å². The minimum atomic E-state index is -0.509. The summed E-state index contributed by atoms with van der Waals surface area (Å²) in [5.41, 5.74) is 0.347. The lowest BCUT2D eigenvalue weighted by Crippen LogP contribution is -2.27. The predicted octanol–water partition coefficient (Wildman–Crippen LogP) is 4.41. The van der Waals surface area contributed by atoms with E-state index in [1.54, 1.807) is 0 Å². The minimum Gasteiger partial charge on any atom is -0.444 e. The van der Waals surface area contributed by atoms with Gasteiger partial charge in [-0.25, -0.2) is 4.79 Å². The summed E-state index contributed by atoms with van der Waals surface area (Å²) in [5.74, 6) is 0. The Labute approximate surface area is 118 Å². The lowest BCUT2D eigenvalue weighted by molar-refractivity contribution is 0.0636. The molecule has 0 bridgehead atoms. The van der Waals surface area contributed by atoms with Crippen molar-refractivity contribution in [3.8, 4) is 0 Å². The number of nitrogens with zero attached hydrogens (tertiary/aromatic N) is 1. The molecule has 0 aliphatic carbocycles. The average molecular weight is 329 g/mol. The number of fused-ring (bicyclic) bond motifs is 1. The standard InChI is InChI=1S/C12H13BrN2O2S/c1-12(2,3)17-11(16)14-10-8-6-7(13)4-5-9(8)15-18-10/h4-6H,1-3H3,(H,14,16). The Balaban J connectivity index is 2.22. The van der Waals surface area contributed by atoms with Gasteiger partial charge in [-0.05, 0) is 50.5 Å². The summed E-state index contributed by atoms with van der Waals surface area (Å²) in [5, 5.41) is 4.32. The topological polar surface area (TPSA) is 51.2 Å². The number of hydrogen-bond acceptors (Lipinski definition) is 4. The van der Waals surface area contributed by atoms with Crippen LogP contribution in [0.1, 0.15) is 20.8 Å². The van der Waals surface area contributed by atoms with Crippen LogP contribution >= 0.6 is 27.5 Å². The molecule has 0 fully saturated rings. The highest BCUT2D eigenvalue weighted by molar-refractivity contribution is 9.10. The molecule has 96 valence electrons. The number of rotatable bonds is 1. The molecule has 0 aliphatic heterocycles. The molecule has 0 atom stereocenters. The van der Waals surface area contributed by atoms with Crippen molar-refractivity contribution < 1.29 is 9.53 Å². The predicted molar refractivity (Wildman–Crippen MR) is 77.2 cm³/mol. The van der Waals surface area contributed by atoms with E-state index < -0.39 is 11.7 Å². The number of aromatic nitrogens is 1. The molecular weight excluding hydrogens is 316 g/mol. The van der Waals surface area contributed by atoms with Crippen LogP contribution in [0.5, 0.6) is 0 Å². The molecular formula is C12H13BrN2O2S. The second-order valence-electron chi connectivity index (χ2n) is 4.80. The molecule has 0 unspecified atom stereocenters. The van der Waals surface area contributed by atoms with Crippen LogP contribution < -0.4 is 5.32 Å². The third kappa shape index (κ3) is 3.20. The minimum absolute atomic E-state index is 0.465.